The molecule has 0 spiro atoms. The third-order valence-electron chi connectivity index (χ3n) is 5.05. The van der Waals surface area contributed by atoms with E-state index in [1.165, 1.54) is 38.5 Å². The summed E-state index contributed by atoms with van der Waals surface area (Å²) in [4.78, 5) is 0. The molecule has 2 rings (SSSR count). The van der Waals surface area contributed by atoms with Crippen LogP contribution >= 0.6 is 0 Å². The van der Waals surface area contributed by atoms with Crippen molar-refractivity contribution in [3.05, 3.63) is 0 Å². The third kappa shape index (κ3) is 3.94. The van der Waals surface area contributed by atoms with Crippen LogP contribution < -0.4 is 11.1 Å². The second-order valence-electron chi connectivity index (χ2n) is 6.58. The van der Waals surface area contributed by atoms with E-state index in [2.05, 4.69) is 12.2 Å². The Morgan fingerprint density at radius 1 is 1.22 bits per heavy atom. The van der Waals surface area contributed by atoms with Crippen molar-refractivity contribution in [1.82, 2.24) is 5.32 Å². The van der Waals surface area contributed by atoms with E-state index in [0.717, 1.165) is 31.7 Å². The first kappa shape index (κ1) is 14.3. The van der Waals surface area contributed by atoms with Crippen molar-refractivity contribution in [1.29, 1.82) is 0 Å². The van der Waals surface area contributed by atoms with Gasteiger partial charge in [-0.05, 0) is 50.9 Å². The van der Waals surface area contributed by atoms with Crippen LogP contribution in [0.5, 0.6) is 0 Å². The van der Waals surface area contributed by atoms with Crippen molar-refractivity contribution < 1.29 is 5.11 Å². The minimum absolute atomic E-state index is 0.363. The summed E-state index contributed by atoms with van der Waals surface area (Å²) in [5.41, 5.74) is 5.55. The molecule has 0 bridgehead atoms. The Labute approximate surface area is 112 Å². The molecule has 3 nitrogen and oxygen atoms in total. The van der Waals surface area contributed by atoms with Crippen molar-refractivity contribution in [2.75, 3.05) is 6.54 Å². The molecule has 2 aliphatic carbocycles. The lowest BCUT2D eigenvalue weighted by molar-refractivity contribution is -0.0116. The highest BCUT2D eigenvalue weighted by Gasteiger charge is 2.33. The average Bonchev–Trinajstić information content (AvgIpc) is 2.38. The summed E-state index contributed by atoms with van der Waals surface area (Å²) in [5.74, 6) is 0.841. The van der Waals surface area contributed by atoms with E-state index in [-0.39, 0.29) is 0 Å². The monoisotopic (exact) mass is 254 g/mol. The zero-order chi connectivity index (χ0) is 13.0. The van der Waals surface area contributed by atoms with Crippen LogP contribution in [0, 0.1) is 5.92 Å². The highest BCUT2D eigenvalue weighted by atomic mass is 16.3. The van der Waals surface area contributed by atoms with Gasteiger partial charge in [0.05, 0.1) is 5.60 Å². The summed E-state index contributed by atoms with van der Waals surface area (Å²) in [7, 11) is 0. The molecule has 0 saturated heterocycles. The fraction of sp³-hybridized carbons (Fsp3) is 1.00. The molecule has 0 aromatic carbocycles. The molecule has 18 heavy (non-hydrogen) atoms. The van der Waals surface area contributed by atoms with Gasteiger partial charge < -0.3 is 16.2 Å². The van der Waals surface area contributed by atoms with Crippen LogP contribution in [0.15, 0.2) is 0 Å². The van der Waals surface area contributed by atoms with E-state index in [9.17, 15) is 5.11 Å². The lowest BCUT2D eigenvalue weighted by Gasteiger charge is -2.38. The normalized spacial score (nSPS) is 41.8. The maximum atomic E-state index is 10.6. The van der Waals surface area contributed by atoms with Crippen molar-refractivity contribution >= 4 is 0 Å². The Balaban J connectivity index is 1.72. The predicted octanol–water partition coefficient (Wildman–Crippen LogP) is 2.18. The zero-order valence-electron chi connectivity index (χ0n) is 11.8. The first-order chi connectivity index (χ1) is 8.61. The van der Waals surface area contributed by atoms with Gasteiger partial charge in [0.1, 0.15) is 0 Å². The van der Waals surface area contributed by atoms with E-state index in [4.69, 9.17) is 5.73 Å². The average molecular weight is 254 g/mol. The summed E-state index contributed by atoms with van der Waals surface area (Å²) in [6, 6.07) is 0.892. The molecule has 0 amide bonds. The van der Waals surface area contributed by atoms with Gasteiger partial charge in [-0.3, -0.25) is 0 Å². The fourth-order valence-corrected chi connectivity index (χ4v) is 3.55. The van der Waals surface area contributed by atoms with Crippen LogP contribution in [-0.4, -0.2) is 29.3 Å². The molecular weight excluding hydrogens is 224 g/mol. The molecule has 106 valence electrons. The molecule has 2 saturated carbocycles. The molecule has 2 unspecified atom stereocenters. The largest absolute Gasteiger partial charge is 0.389 e. The second kappa shape index (κ2) is 6.36. The number of aliphatic hydroxyl groups is 1. The number of hydrogen-bond donors (Lipinski definition) is 3. The minimum atomic E-state index is -0.451. The summed E-state index contributed by atoms with van der Waals surface area (Å²) in [5, 5.41) is 14.2. The molecule has 2 aliphatic rings. The zero-order valence-corrected chi connectivity index (χ0v) is 11.8. The first-order valence-electron chi connectivity index (χ1n) is 7.82. The Kier molecular flexibility index (Phi) is 5.05. The molecular formula is C15H30N2O. The molecule has 0 radical (unpaired) electrons. The lowest BCUT2D eigenvalue weighted by atomic mass is 9.77. The number of nitrogens with one attached hydrogen (secondary N) is 1. The van der Waals surface area contributed by atoms with E-state index in [1.54, 1.807) is 0 Å². The number of nitrogens with two attached hydrogens (primary N) is 1. The number of rotatable bonds is 4. The number of hydrogen-bond acceptors (Lipinski definition) is 3. The maximum absolute atomic E-state index is 10.6. The maximum Gasteiger partial charge on any atom is 0.0771 e. The van der Waals surface area contributed by atoms with Crippen molar-refractivity contribution in [2.24, 2.45) is 11.7 Å². The third-order valence-corrected chi connectivity index (χ3v) is 5.05. The molecule has 4 N–H and O–H groups in total. The highest BCUT2D eigenvalue weighted by molar-refractivity contribution is 4.89. The summed E-state index contributed by atoms with van der Waals surface area (Å²) < 4.78 is 0. The molecule has 2 fully saturated rings. The first-order valence-corrected chi connectivity index (χ1v) is 7.82. The Hall–Kier alpha value is -0.120. The van der Waals surface area contributed by atoms with Gasteiger partial charge in [0, 0.05) is 18.6 Å². The summed E-state index contributed by atoms with van der Waals surface area (Å²) in [6.07, 6.45) is 10.3. The van der Waals surface area contributed by atoms with E-state index in [1.807, 2.05) is 0 Å². The van der Waals surface area contributed by atoms with Crippen LogP contribution in [0.2, 0.25) is 0 Å². The van der Waals surface area contributed by atoms with E-state index >= 15 is 0 Å². The topological polar surface area (TPSA) is 58.3 Å². The molecule has 0 heterocycles. The van der Waals surface area contributed by atoms with Crippen molar-refractivity contribution in [2.45, 2.75) is 82.4 Å². The summed E-state index contributed by atoms with van der Waals surface area (Å²) in [6.45, 7) is 3.03. The Morgan fingerprint density at radius 2 is 1.94 bits per heavy atom. The highest BCUT2D eigenvalue weighted by Crippen LogP contribution is 2.33. The van der Waals surface area contributed by atoms with Crippen LogP contribution in [0.1, 0.15) is 64.7 Å². The minimum Gasteiger partial charge on any atom is -0.389 e. The van der Waals surface area contributed by atoms with Gasteiger partial charge in [-0.25, -0.2) is 0 Å². The SMILES string of the molecule is CCC1CCC(O)(CNC2CCCC(N)C2)CC1. The van der Waals surface area contributed by atoms with Crippen LogP contribution in [0.4, 0.5) is 0 Å². The second-order valence-corrected chi connectivity index (χ2v) is 6.58. The van der Waals surface area contributed by atoms with Gasteiger partial charge in [-0.2, -0.15) is 0 Å². The molecule has 2 atom stereocenters. The van der Waals surface area contributed by atoms with E-state index in [0.29, 0.717) is 12.1 Å². The fourth-order valence-electron chi connectivity index (χ4n) is 3.55. The standard InChI is InChI=1S/C15H30N2O/c1-2-12-6-8-15(18,9-7-12)11-17-14-5-3-4-13(16)10-14/h12-14,17-18H,2-11,16H2,1H3. The van der Waals surface area contributed by atoms with Crippen LogP contribution in [0.25, 0.3) is 0 Å². The van der Waals surface area contributed by atoms with Gasteiger partial charge >= 0.3 is 0 Å². The van der Waals surface area contributed by atoms with Crippen molar-refractivity contribution in [3.8, 4) is 0 Å². The van der Waals surface area contributed by atoms with E-state index < -0.39 is 5.60 Å². The van der Waals surface area contributed by atoms with Gasteiger partial charge in [-0.1, -0.05) is 19.8 Å². The molecule has 0 aliphatic heterocycles. The van der Waals surface area contributed by atoms with Gasteiger partial charge in [-0.15, -0.1) is 0 Å². The van der Waals surface area contributed by atoms with Crippen LogP contribution in [0.3, 0.4) is 0 Å². The van der Waals surface area contributed by atoms with Crippen molar-refractivity contribution in [3.63, 3.8) is 0 Å². The Morgan fingerprint density at radius 3 is 2.56 bits per heavy atom. The summed E-state index contributed by atoms with van der Waals surface area (Å²) >= 11 is 0. The molecule has 0 aromatic heterocycles. The lowest BCUT2D eigenvalue weighted by Crippen LogP contribution is -2.48. The quantitative estimate of drug-likeness (QED) is 0.720. The van der Waals surface area contributed by atoms with Gasteiger partial charge in [0.15, 0.2) is 0 Å². The molecule has 0 aromatic rings. The van der Waals surface area contributed by atoms with Crippen LogP contribution in [-0.2, 0) is 0 Å². The van der Waals surface area contributed by atoms with Gasteiger partial charge in [0.2, 0.25) is 0 Å². The Bertz CT molecular complexity index is 249. The smallest absolute Gasteiger partial charge is 0.0771 e. The predicted molar refractivity (Wildman–Crippen MR) is 75.4 cm³/mol. The van der Waals surface area contributed by atoms with Gasteiger partial charge in [0.25, 0.3) is 0 Å². The molecule has 3 heteroatoms.